The lowest BCUT2D eigenvalue weighted by Crippen LogP contribution is -2.20. The first kappa shape index (κ1) is 13.2. The largest absolute Gasteiger partial charge is 0.298 e. The van der Waals surface area contributed by atoms with Gasteiger partial charge in [-0.05, 0) is 47.9 Å². The predicted molar refractivity (Wildman–Crippen MR) is 85.4 cm³/mol. The maximum atomic E-state index is 12.9. The van der Waals surface area contributed by atoms with Gasteiger partial charge in [0.15, 0.2) is 5.13 Å². The molecule has 5 heteroatoms. The van der Waals surface area contributed by atoms with Gasteiger partial charge in [-0.15, -0.1) is 0 Å². The van der Waals surface area contributed by atoms with E-state index in [0.717, 1.165) is 16.3 Å². The number of amides is 1. The van der Waals surface area contributed by atoms with Crippen molar-refractivity contribution in [3.05, 3.63) is 69.3 Å². The Kier molecular flexibility index (Phi) is 3.01. The van der Waals surface area contributed by atoms with Gasteiger partial charge in [0.25, 0.3) is 5.91 Å². The minimum absolute atomic E-state index is 0.281. The van der Waals surface area contributed by atoms with E-state index in [1.165, 1.54) is 46.7 Å². The smallest absolute Gasteiger partial charge is 0.257 e. The molecule has 2 aromatic rings. The summed E-state index contributed by atoms with van der Waals surface area (Å²) in [6.45, 7) is 0. The third-order valence-corrected chi connectivity index (χ3v) is 4.55. The molecule has 0 unspecified atom stereocenters. The Hall–Kier alpha value is -2.53. The molecule has 108 valence electrons. The topological polar surface area (TPSA) is 42.0 Å². The molecule has 1 amide bonds. The van der Waals surface area contributed by atoms with Crippen molar-refractivity contribution in [3.8, 4) is 0 Å². The van der Waals surface area contributed by atoms with Gasteiger partial charge >= 0.3 is 0 Å². The lowest BCUT2D eigenvalue weighted by Gasteiger charge is -2.05. The molecule has 1 N–H and O–H groups in total. The molecular formula is C17H11FN2OS. The van der Waals surface area contributed by atoms with Crippen molar-refractivity contribution in [2.75, 3.05) is 5.32 Å². The Bertz CT molecular complexity index is 952. The molecule has 0 radical (unpaired) electrons. The van der Waals surface area contributed by atoms with Crippen molar-refractivity contribution in [1.82, 2.24) is 4.98 Å². The van der Waals surface area contributed by atoms with Crippen molar-refractivity contribution in [3.63, 3.8) is 0 Å². The van der Waals surface area contributed by atoms with E-state index in [9.17, 15) is 9.18 Å². The summed E-state index contributed by atoms with van der Waals surface area (Å²) >= 11 is 1.45. The third kappa shape index (κ3) is 2.19. The van der Waals surface area contributed by atoms with Gasteiger partial charge in [-0.25, -0.2) is 9.37 Å². The van der Waals surface area contributed by atoms with E-state index in [4.69, 9.17) is 0 Å². The number of hydrogen-bond acceptors (Lipinski definition) is 3. The van der Waals surface area contributed by atoms with E-state index in [1.54, 1.807) is 0 Å². The first-order valence-electron chi connectivity index (χ1n) is 6.86. The Labute approximate surface area is 129 Å². The van der Waals surface area contributed by atoms with Gasteiger partial charge in [0.2, 0.25) is 0 Å². The van der Waals surface area contributed by atoms with Gasteiger partial charge in [0.1, 0.15) is 5.82 Å². The van der Waals surface area contributed by atoms with Gasteiger partial charge in [0.05, 0.1) is 9.88 Å². The normalized spacial score (nSPS) is 15.0. The van der Waals surface area contributed by atoms with E-state index in [2.05, 4.69) is 28.5 Å². The van der Waals surface area contributed by atoms with Crippen molar-refractivity contribution in [1.29, 1.82) is 0 Å². The molecule has 0 bridgehead atoms. The van der Waals surface area contributed by atoms with Crippen molar-refractivity contribution < 1.29 is 9.18 Å². The summed E-state index contributed by atoms with van der Waals surface area (Å²) in [4.78, 5) is 16.7. The molecular weight excluding hydrogens is 299 g/mol. The lowest BCUT2D eigenvalue weighted by molar-refractivity contribution is 0.102. The summed E-state index contributed by atoms with van der Waals surface area (Å²) in [6, 6.07) is 5.46. The fraction of sp³-hybridized carbons (Fsp3) is 0.0588. The minimum Gasteiger partial charge on any atom is -0.298 e. The molecule has 1 aromatic heterocycles. The molecule has 4 rings (SSSR count). The van der Waals surface area contributed by atoms with E-state index >= 15 is 0 Å². The number of nitrogens with one attached hydrogen (secondary N) is 1. The number of fused-ring (bicyclic) bond motifs is 2. The van der Waals surface area contributed by atoms with Crippen LogP contribution in [0.25, 0.3) is 11.6 Å². The molecule has 0 atom stereocenters. The number of carbonyl (C=O) groups excluding carboxylic acids is 1. The van der Waals surface area contributed by atoms with Crippen LogP contribution in [-0.2, 0) is 0 Å². The molecule has 0 saturated heterocycles. The highest BCUT2D eigenvalue weighted by molar-refractivity contribution is 7.13. The standard InChI is InChI=1S/C17H11FN2OS/c18-12-7-5-10(6-8-12)16(21)20-17-19-15-13-4-2-1-3-11(13)9-14(15)22-17/h1-3,5-9H,4H2,(H,19,20,21). The van der Waals surface area contributed by atoms with Crippen LogP contribution in [0.15, 0.2) is 48.1 Å². The number of thiazole rings is 1. The number of aromatic nitrogens is 1. The van der Waals surface area contributed by atoms with Gasteiger partial charge < -0.3 is 0 Å². The summed E-state index contributed by atoms with van der Waals surface area (Å²) in [7, 11) is 0. The second kappa shape index (κ2) is 5.03. The van der Waals surface area contributed by atoms with Gasteiger partial charge in [-0.1, -0.05) is 29.6 Å². The highest BCUT2D eigenvalue weighted by Crippen LogP contribution is 2.24. The third-order valence-electron chi connectivity index (χ3n) is 3.63. The molecule has 1 aromatic carbocycles. The second-order valence-corrected chi connectivity index (χ2v) is 6.10. The molecule has 2 aliphatic rings. The maximum Gasteiger partial charge on any atom is 0.257 e. The van der Waals surface area contributed by atoms with Crippen LogP contribution in [0.3, 0.4) is 0 Å². The van der Waals surface area contributed by atoms with Crippen LogP contribution in [-0.4, -0.2) is 10.9 Å². The number of benzene rings is 1. The van der Waals surface area contributed by atoms with Crippen LogP contribution in [0, 0.1) is 5.82 Å². The Morgan fingerprint density at radius 1 is 1.27 bits per heavy atom. The van der Waals surface area contributed by atoms with E-state index < -0.39 is 0 Å². The highest BCUT2D eigenvalue weighted by atomic mass is 32.1. The Morgan fingerprint density at radius 2 is 2.09 bits per heavy atom. The zero-order valence-electron chi connectivity index (χ0n) is 11.5. The SMILES string of the molecule is O=C(Nc1nc2c(s1)=CC1=CC=CCC=21)c1ccc(F)cc1. The molecule has 0 aliphatic heterocycles. The minimum atomic E-state index is -0.361. The number of rotatable bonds is 2. The van der Waals surface area contributed by atoms with Crippen LogP contribution in [0.1, 0.15) is 16.8 Å². The number of hydrogen-bond donors (Lipinski definition) is 1. The molecule has 0 saturated carbocycles. The van der Waals surface area contributed by atoms with Crippen molar-refractivity contribution in [2.24, 2.45) is 0 Å². The number of nitrogens with zero attached hydrogens (tertiary/aromatic N) is 1. The van der Waals surface area contributed by atoms with Gasteiger partial charge in [0, 0.05) is 5.56 Å². The molecule has 3 nitrogen and oxygen atoms in total. The summed E-state index contributed by atoms with van der Waals surface area (Å²) in [6.07, 6.45) is 9.18. The zero-order chi connectivity index (χ0) is 15.1. The average Bonchev–Trinajstić information content (AvgIpc) is 3.05. The fourth-order valence-corrected chi connectivity index (χ4v) is 3.50. The number of halogens is 1. The monoisotopic (exact) mass is 310 g/mol. The van der Waals surface area contributed by atoms with Crippen molar-refractivity contribution >= 4 is 34.0 Å². The van der Waals surface area contributed by atoms with Crippen LogP contribution in [0.5, 0.6) is 0 Å². The highest BCUT2D eigenvalue weighted by Gasteiger charge is 2.17. The zero-order valence-corrected chi connectivity index (χ0v) is 12.3. The quantitative estimate of drug-likeness (QED) is 0.925. The van der Waals surface area contributed by atoms with E-state index in [1.807, 2.05) is 6.08 Å². The first-order chi connectivity index (χ1) is 10.7. The lowest BCUT2D eigenvalue weighted by atomic mass is 10.0. The van der Waals surface area contributed by atoms with Crippen molar-refractivity contribution in [2.45, 2.75) is 6.42 Å². The molecule has 0 fully saturated rings. The average molecular weight is 310 g/mol. The molecule has 0 spiro atoms. The number of carbonyl (C=O) groups is 1. The van der Waals surface area contributed by atoms with E-state index in [0.29, 0.717) is 10.7 Å². The Morgan fingerprint density at radius 3 is 2.91 bits per heavy atom. The van der Waals surface area contributed by atoms with Crippen LogP contribution < -0.4 is 15.2 Å². The van der Waals surface area contributed by atoms with Gasteiger partial charge in [-0.2, -0.15) is 0 Å². The second-order valence-electron chi connectivity index (χ2n) is 5.07. The number of allylic oxidation sites excluding steroid dienone is 4. The maximum absolute atomic E-state index is 12.9. The molecule has 1 heterocycles. The van der Waals surface area contributed by atoms with Crippen LogP contribution >= 0.6 is 11.3 Å². The summed E-state index contributed by atoms with van der Waals surface area (Å²) in [5, 5.41) is 4.30. The number of anilines is 1. The van der Waals surface area contributed by atoms with Gasteiger partial charge in [-0.3, -0.25) is 10.1 Å². The van der Waals surface area contributed by atoms with Crippen LogP contribution in [0.4, 0.5) is 9.52 Å². The summed E-state index contributed by atoms with van der Waals surface area (Å²) in [5.41, 5.74) is 2.82. The van der Waals surface area contributed by atoms with E-state index in [-0.39, 0.29) is 11.7 Å². The molecule has 2 aliphatic carbocycles. The predicted octanol–water partition coefficient (Wildman–Crippen LogP) is 2.37. The summed E-state index contributed by atoms with van der Waals surface area (Å²) < 4.78 is 14.0. The van der Waals surface area contributed by atoms with Crippen LogP contribution in [0.2, 0.25) is 0 Å². The molecule has 22 heavy (non-hydrogen) atoms. The first-order valence-corrected chi connectivity index (χ1v) is 7.68. The fourth-order valence-electron chi connectivity index (χ4n) is 2.56. The summed E-state index contributed by atoms with van der Waals surface area (Å²) in [5.74, 6) is -0.642. The Balaban J connectivity index is 1.63.